The molecule has 1 unspecified atom stereocenters. The van der Waals surface area contributed by atoms with E-state index in [9.17, 15) is 14.4 Å². The lowest BCUT2D eigenvalue weighted by atomic mass is 9.47. The molecule has 1 fully saturated rings. The fraction of sp³-hybridized carbons (Fsp3) is 0.286. The number of amides is 2. The van der Waals surface area contributed by atoms with E-state index in [1.807, 2.05) is 0 Å². The zero-order valence-corrected chi connectivity index (χ0v) is 12.4. The van der Waals surface area contributed by atoms with Crippen molar-refractivity contribution in [3.63, 3.8) is 0 Å². The normalized spacial score (nSPS) is 20.5. The Bertz CT molecular complexity index is 907. The third kappa shape index (κ3) is 2.32. The molecule has 23 heavy (non-hydrogen) atoms. The highest BCUT2D eigenvalue weighted by Gasteiger charge is 2.43. The number of aromatic nitrogens is 2. The number of carbonyl (C=O) groups excluding carboxylic acids is 2. The Kier molecular flexibility index (Phi) is 3.31. The largest absolute Gasteiger partial charge is 0.398 e. The lowest BCUT2D eigenvalue weighted by molar-refractivity contribution is -0.136. The Morgan fingerprint density at radius 1 is 1.35 bits per heavy atom. The van der Waals surface area contributed by atoms with Gasteiger partial charge in [-0.2, -0.15) is 0 Å². The van der Waals surface area contributed by atoms with E-state index >= 15 is 0 Å². The Morgan fingerprint density at radius 3 is 2.70 bits per heavy atom. The van der Waals surface area contributed by atoms with Crippen LogP contribution in [0.1, 0.15) is 18.3 Å². The summed E-state index contributed by atoms with van der Waals surface area (Å²) in [5, 5.41) is 0.622. The number of benzene rings is 1. The van der Waals surface area contributed by atoms with Gasteiger partial charge in [0.15, 0.2) is 0 Å². The van der Waals surface area contributed by atoms with Gasteiger partial charge >= 0.3 is 0 Å². The van der Waals surface area contributed by atoms with Crippen LogP contribution >= 0.6 is 0 Å². The predicted molar refractivity (Wildman–Crippen MR) is 86.2 cm³/mol. The molecule has 1 atom stereocenters. The summed E-state index contributed by atoms with van der Waals surface area (Å²) in [5.74, 6) is -1.08. The molecule has 0 bridgehead atoms. The summed E-state index contributed by atoms with van der Waals surface area (Å²) in [4.78, 5) is 40.9. The SMILES string of the molecule is [B]C1([B])CC(=O)NC(=O)C1n1c(C)nc2cccc(N)c2c1=O. The number of rotatable bonds is 1. The van der Waals surface area contributed by atoms with Crippen LogP contribution in [0.5, 0.6) is 0 Å². The molecular formula is C14H12B2N4O3. The average molecular weight is 306 g/mol. The van der Waals surface area contributed by atoms with Gasteiger partial charge in [0.2, 0.25) is 11.8 Å². The molecule has 4 radical (unpaired) electrons. The molecule has 1 aliphatic heterocycles. The van der Waals surface area contributed by atoms with Crippen LogP contribution in [0.3, 0.4) is 0 Å². The lowest BCUT2D eigenvalue weighted by Gasteiger charge is -2.39. The zero-order valence-electron chi connectivity index (χ0n) is 12.4. The second-order valence-corrected chi connectivity index (χ2v) is 5.68. The number of carbonyl (C=O) groups is 2. The van der Waals surface area contributed by atoms with Crippen molar-refractivity contribution in [2.45, 2.75) is 24.6 Å². The third-order valence-corrected chi connectivity index (χ3v) is 3.88. The quantitative estimate of drug-likeness (QED) is 0.413. The van der Waals surface area contributed by atoms with E-state index in [1.54, 1.807) is 25.1 Å². The fourth-order valence-electron chi connectivity index (χ4n) is 2.91. The minimum Gasteiger partial charge on any atom is -0.398 e. The van der Waals surface area contributed by atoms with Crippen LogP contribution in [0.15, 0.2) is 23.0 Å². The number of nitrogens with zero attached hydrogens (tertiary/aromatic N) is 2. The first-order valence-corrected chi connectivity index (χ1v) is 6.91. The van der Waals surface area contributed by atoms with Crippen LogP contribution in [0, 0.1) is 6.92 Å². The van der Waals surface area contributed by atoms with E-state index in [0.717, 1.165) is 4.57 Å². The maximum atomic E-state index is 12.9. The van der Waals surface area contributed by atoms with Crippen LogP contribution in [0.4, 0.5) is 5.69 Å². The highest BCUT2D eigenvalue weighted by atomic mass is 16.2. The standard InChI is InChI=1S/C14H12B2N4O3/c1-6-18-8-4-2-3-7(17)10(8)13(23)20(6)11-12(22)19-9(21)5-14(11,15)16/h2-4,11H,5,17H2,1H3,(H,19,21,22). The first kappa shape index (κ1) is 15.3. The fourth-order valence-corrected chi connectivity index (χ4v) is 2.91. The van der Waals surface area contributed by atoms with Crippen molar-refractivity contribution < 1.29 is 9.59 Å². The van der Waals surface area contributed by atoms with Crippen LogP contribution in [-0.4, -0.2) is 37.1 Å². The second kappa shape index (κ2) is 4.97. The molecule has 7 nitrogen and oxygen atoms in total. The van der Waals surface area contributed by atoms with Gasteiger partial charge in [0.25, 0.3) is 5.56 Å². The Hall–Kier alpha value is -2.57. The van der Waals surface area contributed by atoms with Crippen molar-refractivity contribution in [2.75, 3.05) is 5.73 Å². The molecule has 9 heteroatoms. The van der Waals surface area contributed by atoms with Crippen molar-refractivity contribution in [1.29, 1.82) is 0 Å². The summed E-state index contributed by atoms with van der Waals surface area (Å²) in [6, 6.07) is 3.63. The van der Waals surface area contributed by atoms with Gasteiger partial charge in [-0.15, -0.1) is 0 Å². The summed E-state index contributed by atoms with van der Waals surface area (Å²) in [7, 11) is 11.9. The molecule has 112 valence electrons. The number of piperidine rings is 1. The maximum absolute atomic E-state index is 12.9. The monoisotopic (exact) mass is 306 g/mol. The molecular weight excluding hydrogens is 294 g/mol. The number of hydrogen-bond acceptors (Lipinski definition) is 5. The summed E-state index contributed by atoms with van der Waals surface area (Å²) in [6.07, 6.45) is -0.294. The van der Waals surface area contributed by atoms with Crippen molar-refractivity contribution in [1.82, 2.24) is 14.9 Å². The van der Waals surface area contributed by atoms with Crippen LogP contribution in [0.25, 0.3) is 10.9 Å². The van der Waals surface area contributed by atoms with E-state index in [1.165, 1.54) is 0 Å². The number of imide groups is 1. The molecule has 0 saturated carbocycles. The minimum atomic E-state index is -1.70. The number of anilines is 1. The molecule has 1 aliphatic rings. The molecule has 1 aromatic heterocycles. The molecule has 2 aromatic rings. The molecule has 1 saturated heterocycles. The third-order valence-electron chi connectivity index (χ3n) is 3.88. The van der Waals surface area contributed by atoms with Gasteiger partial charge in [-0.25, -0.2) is 4.98 Å². The number of nitrogens with two attached hydrogens (primary N) is 1. The molecule has 3 N–H and O–H groups in total. The number of hydrogen-bond donors (Lipinski definition) is 2. The maximum Gasteiger partial charge on any atom is 0.264 e. The Labute approximate surface area is 134 Å². The van der Waals surface area contributed by atoms with Crippen LogP contribution in [0.2, 0.25) is 5.21 Å². The van der Waals surface area contributed by atoms with Crippen molar-refractivity contribution >= 4 is 44.1 Å². The van der Waals surface area contributed by atoms with Crippen molar-refractivity contribution in [3.05, 3.63) is 34.4 Å². The highest BCUT2D eigenvalue weighted by molar-refractivity contribution is 6.43. The smallest absolute Gasteiger partial charge is 0.264 e. The van der Waals surface area contributed by atoms with Gasteiger partial charge in [0, 0.05) is 12.1 Å². The van der Waals surface area contributed by atoms with Gasteiger partial charge in [-0.3, -0.25) is 24.3 Å². The molecule has 2 heterocycles. The van der Waals surface area contributed by atoms with Crippen molar-refractivity contribution in [3.8, 4) is 0 Å². The molecule has 2 amide bonds. The number of fused-ring (bicyclic) bond motifs is 1. The molecule has 1 aromatic carbocycles. The first-order chi connectivity index (χ1) is 10.7. The van der Waals surface area contributed by atoms with Gasteiger partial charge in [-0.1, -0.05) is 11.3 Å². The van der Waals surface area contributed by atoms with E-state index in [0.29, 0.717) is 5.52 Å². The first-order valence-electron chi connectivity index (χ1n) is 6.91. The van der Waals surface area contributed by atoms with E-state index in [4.69, 9.17) is 21.4 Å². The zero-order chi connectivity index (χ0) is 16.9. The number of nitrogen functional groups attached to an aromatic ring is 1. The minimum absolute atomic E-state index is 0.179. The second-order valence-electron chi connectivity index (χ2n) is 5.68. The van der Waals surface area contributed by atoms with Gasteiger partial charge in [-0.05, 0) is 19.1 Å². The van der Waals surface area contributed by atoms with E-state index in [2.05, 4.69) is 10.3 Å². The molecule has 0 spiro atoms. The number of nitrogens with one attached hydrogen (secondary N) is 1. The summed E-state index contributed by atoms with van der Waals surface area (Å²) >= 11 is 0. The van der Waals surface area contributed by atoms with Gasteiger partial charge in [0.05, 0.1) is 26.6 Å². The Balaban J connectivity index is 2.32. The van der Waals surface area contributed by atoms with Gasteiger partial charge < -0.3 is 5.73 Å². The van der Waals surface area contributed by atoms with Crippen LogP contribution in [-0.2, 0) is 9.59 Å². The predicted octanol–water partition coefficient (Wildman–Crippen LogP) is -0.672. The molecule has 3 rings (SSSR count). The van der Waals surface area contributed by atoms with Gasteiger partial charge in [0.1, 0.15) is 11.9 Å². The molecule has 0 aliphatic carbocycles. The van der Waals surface area contributed by atoms with E-state index < -0.39 is 28.6 Å². The Morgan fingerprint density at radius 2 is 2.04 bits per heavy atom. The lowest BCUT2D eigenvalue weighted by Crippen LogP contribution is -2.52. The number of aryl methyl sites for hydroxylation is 1. The van der Waals surface area contributed by atoms with E-state index in [-0.39, 0.29) is 23.3 Å². The summed E-state index contributed by atoms with van der Waals surface area (Å²) < 4.78 is 1.10. The van der Waals surface area contributed by atoms with Crippen molar-refractivity contribution in [2.24, 2.45) is 0 Å². The summed E-state index contributed by atoms with van der Waals surface area (Å²) in [5.41, 5.74) is 5.98. The topological polar surface area (TPSA) is 107 Å². The highest BCUT2D eigenvalue weighted by Crippen LogP contribution is 2.39. The summed E-state index contributed by atoms with van der Waals surface area (Å²) in [6.45, 7) is 1.56. The van der Waals surface area contributed by atoms with Crippen LogP contribution < -0.4 is 16.6 Å². The average Bonchev–Trinajstić information content (AvgIpc) is 2.40.